The molecule has 0 aliphatic heterocycles. The fourth-order valence-electron chi connectivity index (χ4n) is 13.2. The van der Waals surface area contributed by atoms with Crippen molar-refractivity contribution in [2.24, 2.45) is 41.4 Å². The highest BCUT2D eigenvalue weighted by atomic mass is 127. The number of ether oxygens (including phenoxy) is 4. The summed E-state index contributed by atoms with van der Waals surface area (Å²) in [5.41, 5.74) is 6.87. The molecule has 0 amide bonds. The summed E-state index contributed by atoms with van der Waals surface area (Å²) in [6.07, 6.45) is 16.9. The quantitative estimate of drug-likeness (QED) is 0.00946. The van der Waals surface area contributed by atoms with E-state index in [2.05, 4.69) is 205 Å². The van der Waals surface area contributed by atoms with Crippen molar-refractivity contribution in [3.05, 3.63) is 34.6 Å². The molecule has 19 heteroatoms. The van der Waals surface area contributed by atoms with Crippen LogP contribution >= 0.6 is 90.5 Å². The second-order valence-electron chi connectivity index (χ2n) is 26.2. The summed E-state index contributed by atoms with van der Waals surface area (Å²) >= 11 is 11.7. The number of unbranched alkanes of at least 4 members (excludes halogenated alkanes) is 4. The molecule has 90 heavy (non-hydrogen) atoms. The highest BCUT2D eigenvalue weighted by molar-refractivity contribution is 14.1. The summed E-state index contributed by atoms with van der Waals surface area (Å²) in [7, 11) is -1.76. The first-order chi connectivity index (χ1) is 42.8. The van der Waals surface area contributed by atoms with Gasteiger partial charge in [-0.3, -0.25) is 0 Å². The zero-order chi connectivity index (χ0) is 67.5. The number of esters is 4. The number of hydrogen-bond acceptors (Lipinski definition) is 16. The third-order valence-corrected chi connectivity index (χ3v) is 32.9. The van der Waals surface area contributed by atoms with Gasteiger partial charge in [0.2, 0.25) is 0 Å². The molecule has 0 saturated heterocycles. The van der Waals surface area contributed by atoms with E-state index in [4.69, 9.17) is 28.9 Å². The fourth-order valence-corrected chi connectivity index (χ4v) is 28.9. The second kappa shape index (κ2) is 41.4. The molecule has 0 N–H and O–H groups in total. The van der Waals surface area contributed by atoms with E-state index >= 15 is 0 Å². The lowest BCUT2D eigenvalue weighted by molar-refractivity contribution is -0.140. The van der Waals surface area contributed by atoms with Gasteiger partial charge >= 0.3 is 23.9 Å². The fraction of sp³-hybridized carbons (Fsp3) is 0.718. The highest BCUT2D eigenvalue weighted by Crippen LogP contribution is 2.51. The van der Waals surface area contributed by atoms with Gasteiger partial charge in [0.05, 0.1) is 72.3 Å². The molecule has 0 aliphatic carbocycles. The molecule has 0 saturated carbocycles. The number of carbonyl (C=O) groups is 4. The van der Waals surface area contributed by atoms with Crippen LogP contribution in [0.1, 0.15) is 267 Å². The Hall–Kier alpha value is -2.62. The molecule has 12 nitrogen and oxygen atoms in total. The number of carbonyl (C=O) groups excluding carboxylic acids is 4. The van der Waals surface area contributed by atoms with Crippen molar-refractivity contribution in [3.8, 4) is 21.6 Å². The Morgan fingerprint density at radius 1 is 0.489 bits per heavy atom. The van der Waals surface area contributed by atoms with E-state index in [1.807, 2.05) is 22.7 Å². The van der Waals surface area contributed by atoms with Crippen molar-refractivity contribution in [1.29, 1.82) is 0 Å². The second-order valence-corrected chi connectivity index (χ2v) is 38.1. The third kappa shape index (κ3) is 22.0. The summed E-state index contributed by atoms with van der Waals surface area (Å²) in [6.45, 7) is 47.2. The molecule has 506 valence electrons. The molecule has 0 radical (unpaired) electrons. The molecular formula is C71H112I2N4O8S4Si. The highest BCUT2D eigenvalue weighted by Gasteiger charge is 2.49. The van der Waals surface area contributed by atoms with Gasteiger partial charge in [0, 0.05) is 17.3 Å². The summed E-state index contributed by atoms with van der Waals surface area (Å²) < 4.78 is 27.2. The van der Waals surface area contributed by atoms with E-state index < -0.39 is 32.0 Å². The molecule has 4 unspecified atom stereocenters. The van der Waals surface area contributed by atoms with Gasteiger partial charge in [-0.05, 0) is 129 Å². The lowest BCUT2D eigenvalue weighted by Gasteiger charge is -2.43. The van der Waals surface area contributed by atoms with Crippen LogP contribution in [0.3, 0.4) is 0 Å². The first-order valence-corrected chi connectivity index (χ1v) is 41.7. The van der Waals surface area contributed by atoms with E-state index in [-0.39, 0.29) is 16.5 Å². The summed E-state index contributed by atoms with van der Waals surface area (Å²) in [5, 5.41) is 1.31. The average Bonchev–Trinajstić information content (AvgIpc) is 1.55. The van der Waals surface area contributed by atoms with Crippen LogP contribution in [0.2, 0.25) is 16.6 Å². The Morgan fingerprint density at radius 2 is 0.811 bits per heavy atom. The maximum absolute atomic E-state index is 13.4. The SMILES string of the molecule is CC(C)C(c1nc(I)c(-c2sc([Si](C(C)C)(C(C)C)C(C)C)nc2I)s1)(C(C)C)C(C)C.CCCCC(CC)COC(=O)C#CC(=O)OCC(CC)CCCC.CCCCC(CC)COC(=O)c1c(C(=O)OCC(CC)CCCC)c2ncsc2c2scnc12. The zero-order valence-corrected chi connectivity index (χ0v) is 67.1. The Labute approximate surface area is 587 Å². The number of halogens is 2. The standard InChI is InChI=1S/C26H36N2O4S2.C25H42I2N2S2Si.C20H34O4/c1-5-9-11-17(7-3)13-31-25(29)19-20(26(30)32-14-18(8-4)12-10-6-2)22-24(34-16-28-22)23-21(19)27-15-33-23;1-13(2)25(14(3)4,15(5)6)23-28-21(26)19(30-23)20-22(27)29-24(31-20)32(16(7)8,17(9)10)18(11)12;1-5-9-11-17(7-3)15-23-19(21)13-14-20(22)24-16-18(8-4)12-10-6-2/h15-18H,5-14H2,1-4H3;13-18H,1-12H3;17-18H,5-12,15-16H2,1-4H3. The molecule has 4 atom stereocenters. The largest absolute Gasteiger partial charge is 0.462 e. The van der Waals surface area contributed by atoms with Crippen LogP contribution < -0.4 is 4.63 Å². The van der Waals surface area contributed by atoms with Crippen molar-refractivity contribution in [2.75, 3.05) is 26.4 Å². The van der Waals surface area contributed by atoms with Gasteiger partial charge in [-0.1, -0.05) is 216 Å². The zero-order valence-electron chi connectivity index (χ0n) is 58.5. The maximum Gasteiger partial charge on any atom is 0.384 e. The van der Waals surface area contributed by atoms with Crippen LogP contribution in [0.4, 0.5) is 0 Å². The van der Waals surface area contributed by atoms with Crippen LogP contribution in [0.25, 0.3) is 30.2 Å². The van der Waals surface area contributed by atoms with E-state index in [1.165, 1.54) is 45.8 Å². The van der Waals surface area contributed by atoms with E-state index in [0.29, 0.717) is 95.5 Å². The summed E-state index contributed by atoms with van der Waals surface area (Å²) in [4.78, 5) is 72.0. The lowest BCUT2D eigenvalue weighted by Crippen LogP contribution is -2.55. The van der Waals surface area contributed by atoms with Gasteiger partial charge in [-0.2, -0.15) is 0 Å². The van der Waals surface area contributed by atoms with E-state index in [0.717, 1.165) is 116 Å². The third-order valence-electron chi connectivity index (χ3n) is 18.6. The van der Waals surface area contributed by atoms with E-state index in [9.17, 15) is 19.2 Å². The van der Waals surface area contributed by atoms with E-state index in [1.54, 1.807) is 11.0 Å². The predicted octanol–water partition coefficient (Wildman–Crippen LogP) is 21.7. The Morgan fingerprint density at radius 3 is 1.12 bits per heavy atom. The van der Waals surface area contributed by atoms with Crippen molar-refractivity contribution >= 4 is 148 Å². The van der Waals surface area contributed by atoms with Crippen LogP contribution in [0.15, 0.2) is 11.0 Å². The average molecular weight is 1560 g/mol. The number of thiazole rings is 4. The number of benzene rings is 1. The predicted molar refractivity (Wildman–Crippen MR) is 402 cm³/mol. The minimum Gasteiger partial charge on any atom is -0.462 e. The molecule has 0 fully saturated rings. The van der Waals surface area contributed by atoms with Gasteiger partial charge in [0.1, 0.15) is 31.6 Å². The normalized spacial score (nSPS) is 13.3. The van der Waals surface area contributed by atoms with Gasteiger partial charge < -0.3 is 18.9 Å². The van der Waals surface area contributed by atoms with Crippen LogP contribution in [-0.4, -0.2) is 78.3 Å². The molecule has 4 heterocycles. The summed E-state index contributed by atoms with van der Waals surface area (Å²) in [5.74, 6) is 5.04. The van der Waals surface area contributed by atoms with Crippen molar-refractivity contribution in [3.63, 3.8) is 0 Å². The number of fused-ring (bicyclic) bond motifs is 3. The minimum absolute atomic E-state index is 0.0914. The van der Waals surface area contributed by atoms with Crippen molar-refractivity contribution < 1.29 is 38.1 Å². The van der Waals surface area contributed by atoms with Gasteiger partial charge in [-0.25, -0.2) is 39.1 Å². The van der Waals surface area contributed by atoms with Crippen molar-refractivity contribution in [1.82, 2.24) is 19.9 Å². The number of nitrogens with zero attached hydrogens (tertiary/aromatic N) is 4. The monoisotopic (exact) mass is 1560 g/mol. The lowest BCUT2D eigenvalue weighted by atomic mass is 9.62. The topological polar surface area (TPSA) is 157 Å². The van der Waals surface area contributed by atoms with Gasteiger partial charge in [0.25, 0.3) is 0 Å². The molecule has 0 spiro atoms. The molecule has 1 aromatic carbocycles. The van der Waals surface area contributed by atoms with Crippen LogP contribution in [0, 0.1) is 60.7 Å². The van der Waals surface area contributed by atoms with Crippen LogP contribution in [-0.2, 0) is 34.0 Å². The molecule has 5 rings (SSSR count). The van der Waals surface area contributed by atoms with Gasteiger partial charge in [-0.15, -0.1) is 45.3 Å². The Kier molecular flexibility index (Phi) is 37.5. The molecule has 4 aromatic heterocycles. The summed E-state index contributed by atoms with van der Waals surface area (Å²) in [6, 6.07) is 0. The Bertz CT molecular complexity index is 2790. The molecular weight excluding hydrogens is 1450 g/mol. The van der Waals surface area contributed by atoms with Crippen LogP contribution in [0.5, 0.6) is 0 Å². The first kappa shape index (κ1) is 81.6. The molecule has 0 aliphatic rings. The smallest absolute Gasteiger partial charge is 0.384 e. The molecule has 0 bridgehead atoms. The maximum atomic E-state index is 13.4. The first-order valence-electron chi connectivity index (χ1n) is 33.9. The van der Waals surface area contributed by atoms with Crippen molar-refractivity contribution in [2.45, 2.75) is 263 Å². The number of rotatable bonds is 35. The number of aromatic nitrogens is 4. The Balaban J connectivity index is 0.000000359. The minimum atomic E-state index is -1.76. The molecule has 5 aromatic rings. The van der Waals surface area contributed by atoms with Gasteiger partial charge in [0.15, 0.2) is 0 Å². The number of hydrogen-bond donors (Lipinski definition) is 0.